The quantitative estimate of drug-likeness (QED) is 0.812. The van der Waals surface area contributed by atoms with Crippen LogP contribution in [0.25, 0.3) is 0 Å². The molecule has 2 fully saturated rings. The Labute approximate surface area is 142 Å². The minimum absolute atomic E-state index is 0.00771. The molecule has 2 atom stereocenters. The van der Waals surface area contributed by atoms with Crippen molar-refractivity contribution < 1.29 is 14.3 Å². The summed E-state index contributed by atoms with van der Waals surface area (Å²) in [5.41, 5.74) is 7.71. The molecule has 2 aliphatic rings. The van der Waals surface area contributed by atoms with Crippen LogP contribution in [0.1, 0.15) is 36.8 Å². The molecule has 0 spiro atoms. The fourth-order valence-corrected chi connectivity index (χ4v) is 3.23. The molecule has 2 saturated heterocycles. The second-order valence-electron chi connectivity index (χ2n) is 6.51. The smallest absolute Gasteiger partial charge is 0.249 e. The summed E-state index contributed by atoms with van der Waals surface area (Å²) in [5.74, 6) is 0.163. The molecule has 6 nitrogen and oxygen atoms in total. The molecule has 6 heteroatoms. The van der Waals surface area contributed by atoms with Gasteiger partial charge in [0.05, 0.1) is 6.10 Å². The summed E-state index contributed by atoms with van der Waals surface area (Å²) in [6.07, 6.45) is 2.83. The zero-order valence-corrected chi connectivity index (χ0v) is 13.9. The number of nitrogens with one attached hydrogen (secondary N) is 1. The van der Waals surface area contributed by atoms with E-state index in [0.717, 1.165) is 36.9 Å². The Morgan fingerprint density at radius 2 is 2.00 bits per heavy atom. The molecule has 1 aromatic rings. The van der Waals surface area contributed by atoms with Crippen molar-refractivity contribution in [1.82, 2.24) is 10.2 Å². The van der Waals surface area contributed by atoms with Gasteiger partial charge < -0.3 is 20.7 Å². The largest absolute Gasteiger partial charge is 0.364 e. The number of nitrogens with zero attached hydrogens (tertiary/aromatic N) is 1. The summed E-state index contributed by atoms with van der Waals surface area (Å²) in [7, 11) is 0. The van der Waals surface area contributed by atoms with Gasteiger partial charge in [0.15, 0.2) is 0 Å². The number of benzene rings is 1. The van der Waals surface area contributed by atoms with Crippen molar-refractivity contribution in [1.29, 1.82) is 0 Å². The van der Waals surface area contributed by atoms with Gasteiger partial charge in [-0.1, -0.05) is 24.3 Å². The van der Waals surface area contributed by atoms with Crippen LogP contribution >= 0.6 is 0 Å². The van der Waals surface area contributed by atoms with E-state index in [0.29, 0.717) is 26.1 Å². The van der Waals surface area contributed by atoms with Gasteiger partial charge in [0.2, 0.25) is 11.8 Å². The van der Waals surface area contributed by atoms with E-state index < -0.39 is 0 Å². The minimum Gasteiger partial charge on any atom is -0.364 e. The molecule has 2 aliphatic heterocycles. The van der Waals surface area contributed by atoms with Gasteiger partial charge in [0, 0.05) is 32.6 Å². The SMILES string of the molecule is NC[C@H]1CC[C@@H](C(=O)NCc2ccc(CN3CCCC3=O)cc2)O1. The van der Waals surface area contributed by atoms with E-state index in [-0.39, 0.29) is 24.0 Å². The van der Waals surface area contributed by atoms with Crippen molar-refractivity contribution in [3.8, 4) is 0 Å². The topological polar surface area (TPSA) is 84.7 Å². The number of hydrogen-bond acceptors (Lipinski definition) is 4. The molecule has 130 valence electrons. The normalized spacial score (nSPS) is 23.7. The Bertz CT molecular complexity index is 588. The van der Waals surface area contributed by atoms with E-state index >= 15 is 0 Å². The van der Waals surface area contributed by atoms with Gasteiger partial charge in [0.1, 0.15) is 6.10 Å². The van der Waals surface area contributed by atoms with Crippen LogP contribution in [0.4, 0.5) is 0 Å². The van der Waals surface area contributed by atoms with E-state index in [2.05, 4.69) is 5.32 Å². The van der Waals surface area contributed by atoms with Crippen molar-refractivity contribution in [3.05, 3.63) is 35.4 Å². The van der Waals surface area contributed by atoms with Crippen LogP contribution in [0.2, 0.25) is 0 Å². The fourth-order valence-electron chi connectivity index (χ4n) is 3.23. The molecule has 0 saturated carbocycles. The Morgan fingerprint density at radius 3 is 2.62 bits per heavy atom. The number of likely N-dealkylation sites (tertiary alicyclic amines) is 1. The van der Waals surface area contributed by atoms with E-state index in [4.69, 9.17) is 10.5 Å². The third kappa shape index (κ3) is 4.13. The zero-order chi connectivity index (χ0) is 16.9. The summed E-state index contributed by atoms with van der Waals surface area (Å²) in [5, 5.41) is 2.92. The molecule has 0 bridgehead atoms. The van der Waals surface area contributed by atoms with Crippen molar-refractivity contribution >= 4 is 11.8 Å². The maximum absolute atomic E-state index is 12.1. The van der Waals surface area contributed by atoms with Crippen LogP contribution in [0.15, 0.2) is 24.3 Å². The number of hydrogen-bond donors (Lipinski definition) is 2. The Kier molecular flexibility index (Phi) is 5.48. The third-order valence-electron chi connectivity index (χ3n) is 4.70. The molecule has 3 N–H and O–H groups in total. The average molecular weight is 331 g/mol. The second kappa shape index (κ2) is 7.77. The predicted octanol–water partition coefficient (Wildman–Crippen LogP) is 0.932. The van der Waals surface area contributed by atoms with Crippen LogP contribution in [0.3, 0.4) is 0 Å². The van der Waals surface area contributed by atoms with Crippen LogP contribution in [0, 0.1) is 0 Å². The highest BCUT2D eigenvalue weighted by molar-refractivity contribution is 5.81. The first-order valence-corrected chi connectivity index (χ1v) is 8.64. The maximum atomic E-state index is 12.1. The first kappa shape index (κ1) is 16.9. The lowest BCUT2D eigenvalue weighted by atomic mass is 10.1. The van der Waals surface area contributed by atoms with E-state index in [1.165, 1.54) is 0 Å². The first-order chi connectivity index (χ1) is 11.7. The van der Waals surface area contributed by atoms with Gasteiger partial charge in [-0.3, -0.25) is 9.59 Å². The first-order valence-electron chi connectivity index (χ1n) is 8.64. The lowest BCUT2D eigenvalue weighted by Crippen LogP contribution is -2.35. The van der Waals surface area contributed by atoms with Gasteiger partial charge in [-0.15, -0.1) is 0 Å². The molecule has 0 aliphatic carbocycles. The highest BCUT2D eigenvalue weighted by atomic mass is 16.5. The number of amides is 2. The Hall–Kier alpha value is -1.92. The van der Waals surface area contributed by atoms with E-state index in [1.807, 2.05) is 29.2 Å². The van der Waals surface area contributed by atoms with Crippen LogP contribution in [-0.4, -0.2) is 42.0 Å². The third-order valence-corrected chi connectivity index (χ3v) is 4.70. The molecule has 24 heavy (non-hydrogen) atoms. The molecule has 1 aromatic carbocycles. The highest BCUT2D eigenvalue weighted by Gasteiger charge is 2.29. The second-order valence-corrected chi connectivity index (χ2v) is 6.51. The van der Waals surface area contributed by atoms with Crippen molar-refractivity contribution in [3.63, 3.8) is 0 Å². The van der Waals surface area contributed by atoms with Gasteiger partial charge >= 0.3 is 0 Å². The number of carbonyl (C=O) groups is 2. The molecule has 0 unspecified atom stereocenters. The maximum Gasteiger partial charge on any atom is 0.249 e. The fraction of sp³-hybridized carbons (Fsp3) is 0.556. The molecule has 2 amide bonds. The standard InChI is InChI=1S/C18H25N3O3/c19-10-15-7-8-16(24-15)18(23)20-11-13-3-5-14(6-4-13)12-21-9-1-2-17(21)22/h3-6,15-16H,1-2,7-12,19H2,(H,20,23)/t15-,16+/m1/s1. The molecule has 2 heterocycles. The summed E-state index contributed by atoms with van der Waals surface area (Å²) in [6, 6.07) is 8.02. The van der Waals surface area contributed by atoms with Gasteiger partial charge in [0.25, 0.3) is 0 Å². The van der Waals surface area contributed by atoms with Crippen LogP contribution in [0.5, 0.6) is 0 Å². The number of rotatable bonds is 6. The Morgan fingerprint density at radius 1 is 1.25 bits per heavy atom. The van der Waals surface area contributed by atoms with Gasteiger partial charge in [-0.25, -0.2) is 0 Å². The highest BCUT2D eigenvalue weighted by Crippen LogP contribution is 2.19. The Balaban J connectivity index is 1.46. The molecule has 0 radical (unpaired) electrons. The monoisotopic (exact) mass is 331 g/mol. The van der Waals surface area contributed by atoms with Gasteiger partial charge in [-0.05, 0) is 30.4 Å². The van der Waals surface area contributed by atoms with Gasteiger partial charge in [-0.2, -0.15) is 0 Å². The van der Waals surface area contributed by atoms with Crippen molar-refractivity contribution in [2.24, 2.45) is 5.73 Å². The zero-order valence-electron chi connectivity index (χ0n) is 13.9. The summed E-state index contributed by atoms with van der Waals surface area (Å²) >= 11 is 0. The number of nitrogens with two attached hydrogens (primary N) is 1. The van der Waals surface area contributed by atoms with E-state index in [9.17, 15) is 9.59 Å². The average Bonchev–Trinajstić information content (AvgIpc) is 3.23. The van der Waals surface area contributed by atoms with E-state index in [1.54, 1.807) is 0 Å². The minimum atomic E-state index is -0.376. The molecular formula is C18H25N3O3. The molecular weight excluding hydrogens is 306 g/mol. The molecule has 3 rings (SSSR count). The van der Waals surface area contributed by atoms with Crippen molar-refractivity contribution in [2.45, 2.75) is 51.0 Å². The lowest BCUT2D eigenvalue weighted by Gasteiger charge is -2.16. The van der Waals surface area contributed by atoms with Crippen molar-refractivity contribution in [2.75, 3.05) is 13.1 Å². The number of ether oxygens (including phenoxy) is 1. The summed E-state index contributed by atoms with van der Waals surface area (Å²) in [4.78, 5) is 25.6. The van der Waals surface area contributed by atoms with Crippen LogP contribution < -0.4 is 11.1 Å². The summed E-state index contributed by atoms with van der Waals surface area (Å²) < 4.78 is 5.59. The lowest BCUT2D eigenvalue weighted by molar-refractivity contribution is -0.132. The molecule has 0 aromatic heterocycles. The summed E-state index contributed by atoms with van der Waals surface area (Å²) in [6.45, 7) is 2.46. The number of carbonyl (C=O) groups excluding carboxylic acids is 2. The predicted molar refractivity (Wildman–Crippen MR) is 89.9 cm³/mol. The van der Waals surface area contributed by atoms with Crippen LogP contribution in [-0.2, 0) is 27.4 Å².